The molecule has 0 saturated heterocycles. The first-order valence-corrected chi connectivity index (χ1v) is 6.63. The van der Waals surface area contributed by atoms with Gasteiger partial charge in [0.05, 0.1) is 12.2 Å². The molecule has 0 spiro atoms. The summed E-state index contributed by atoms with van der Waals surface area (Å²) in [6.45, 7) is 1.44. The fourth-order valence-corrected chi connectivity index (χ4v) is 2.48. The molecule has 6 heteroatoms. The van der Waals surface area contributed by atoms with Crippen LogP contribution in [-0.2, 0) is 16.1 Å². The highest BCUT2D eigenvalue weighted by Crippen LogP contribution is 2.30. The Balaban J connectivity index is 1.63. The van der Waals surface area contributed by atoms with Crippen LogP contribution in [0, 0.1) is 11.8 Å². The first kappa shape index (κ1) is 13.6. The van der Waals surface area contributed by atoms with E-state index in [1.807, 2.05) is 10.8 Å². The summed E-state index contributed by atoms with van der Waals surface area (Å²) in [6, 6.07) is 0. The van der Waals surface area contributed by atoms with Crippen molar-refractivity contribution in [2.24, 2.45) is 11.8 Å². The van der Waals surface area contributed by atoms with Crippen molar-refractivity contribution in [2.45, 2.75) is 32.2 Å². The number of hydrogen-bond acceptors (Lipinski definition) is 3. The lowest BCUT2D eigenvalue weighted by Crippen LogP contribution is -2.31. The van der Waals surface area contributed by atoms with Gasteiger partial charge < -0.3 is 15.0 Å². The number of aromatic nitrogens is 2. The second-order valence-electron chi connectivity index (χ2n) is 4.99. The number of carboxylic acids is 1. The minimum Gasteiger partial charge on any atom is -0.481 e. The van der Waals surface area contributed by atoms with Crippen LogP contribution < -0.4 is 5.32 Å². The number of nitrogens with zero attached hydrogens (tertiary/aromatic N) is 2. The molecule has 1 aromatic heterocycles. The van der Waals surface area contributed by atoms with Crippen molar-refractivity contribution in [3.8, 4) is 0 Å². The molecule has 104 valence electrons. The molecule has 1 heterocycles. The average molecular weight is 265 g/mol. The summed E-state index contributed by atoms with van der Waals surface area (Å²) in [5.41, 5.74) is 0. The summed E-state index contributed by atoms with van der Waals surface area (Å²) >= 11 is 0. The third kappa shape index (κ3) is 3.81. The number of imidazole rings is 1. The highest BCUT2D eigenvalue weighted by molar-refractivity contribution is 5.80. The number of aliphatic carboxylic acids is 1. The Kier molecular flexibility index (Phi) is 4.54. The van der Waals surface area contributed by atoms with Crippen LogP contribution in [-0.4, -0.2) is 33.1 Å². The van der Waals surface area contributed by atoms with Gasteiger partial charge in [0.2, 0.25) is 5.91 Å². The van der Waals surface area contributed by atoms with Gasteiger partial charge in [-0.15, -0.1) is 0 Å². The molecule has 0 unspecified atom stereocenters. The van der Waals surface area contributed by atoms with E-state index >= 15 is 0 Å². The van der Waals surface area contributed by atoms with E-state index in [9.17, 15) is 9.59 Å². The standard InChI is InChI=1S/C13H19N3O3/c17-12(10-2-3-11(8-10)13(18)19)15-4-1-6-16-7-5-14-9-16/h5,7,9-11H,1-4,6,8H2,(H,15,17)(H,18,19)/t10-,11+/m1/s1. The van der Waals surface area contributed by atoms with Crippen LogP contribution in [0.3, 0.4) is 0 Å². The van der Waals surface area contributed by atoms with E-state index in [2.05, 4.69) is 10.3 Å². The van der Waals surface area contributed by atoms with E-state index in [0.717, 1.165) is 13.0 Å². The summed E-state index contributed by atoms with van der Waals surface area (Å²) in [5.74, 6) is -1.26. The Morgan fingerprint density at radius 3 is 2.79 bits per heavy atom. The Morgan fingerprint density at radius 2 is 2.16 bits per heavy atom. The number of rotatable bonds is 6. The number of aryl methyl sites for hydroxylation is 1. The van der Waals surface area contributed by atoms with Gasteiger partial charge in [-0.2, -0.15) is 0 Å². The zero-order valence-electron chi connectivity index (χ0n) is 10.8. The maximum Gasteiger partial charge on any atom is 0.306 e. The summed E-state index contributed by atoms with van der Waals surface area (Å²) < 4.78 is 1.96. The molecule has 2 rings (SSSR count). The van der Waals surface area contributed by atoms with Crippen LogP contribution in [0.15, 0.2) is 18.7 Å². The topological polar surface area (TPSA) is 84.2 Å². The number of amides is 1. The summed E-state index contributed by atoms with van der Waals surface area (Å²) in [6.07, 6.45) is 7.97. The minimum absolute atomic E-state index is 0.00520. The van der Waals surface area contributed by atoms with E-state index in [4.69, 9.17) is 5.11 Å². The highest BCUT2D eigenvalue weighted by atomic mass is 16.4. The molecular weight excluding hydrogens is 246 g/mol. The number of carbonyl (C=O) groups is 2. The number of carboxylic acid groups (broad SMARTS) is 1. The predicted molar refractivity (Wildman–Crippen MR) is 68.3 cm³/mol. The van der Waals surface area contributed by atoms with Crippen LogP contribution in [0.2, 0.25) is 0 Å². The monoisotopic (exact) mass is 265 g/mol. The molecule has 6 nitrogen and oxygen atoms in total. The summed E-state index contributed by atoms with van der Waals surface area (Å²) in [5, 5.41) is 11.8. The van der Waals surface area contributed by atoms with Crippen molar-refractivity contribution in [1.82, 2.24) is 14.9 Å². The van der Waals surface area contributed by atoms with E-state index in [1.54, 1.807) is 12.5 Å². The second-order valence-corrected chi connectivity index (χ2v) is 4.99. The maximum absolute atomic E-state index is 11.9. The Labute approximate surface area is 111 Å². The van der Waals surface area contributed by atoms with Crippen LogP contribution in [0.5, 0.6) is 0 Å². The van der Waals surface area contributed by atoms with E-state index in [1.165, 1.54) is 0 Å². The Hall–Kier alpha value is -1.85. The molecule has 1 aromatic rings. The summed E-state index contributed by atoms with van der Waals surface area (Å²) in [4.78, 5) is 26.6. The maximum atomic E-state index is 11.9. The molecule has 1 amide bonds. The molecule has 2 atom stereocenters. The van der Waals surface area contributed by atoms with Gasteiger partial charge in [-0.05, 0) is 25.7 Å². The Bertz CT molecular complexity index is 430. The third-order valence-electron chi connectivity index (χ3n) is 3.60. The van der Waals surface area contributed by atoms with Crippen LogP contribution in [0.1, 0.15) is 25.7 Å². The van der Waals surface area contributed by atoms with Crippen LogP contribution >= 0.6 is 0 Å². The van der Waals surface area contributed by atoms with Crippen molar-refractivity contribution in [1.29, 1.82) is 0 Å². The third-order valence-corrected chi connectivity index (χ3v) is 3.60. The lowest BCUT2D eigenvalue weighted by atomic mass is 10.0. The first-order chi connectivity index (χ1) is 9.16. The van der Waals surface area contributed by atoms with Gasteiger partial charge in [0, 0.05) is 31.4 Å². The zero-order chi connectivity index (χ0) is 13.7. The number of hydrogen-bond donors (Lipinski definition) is 2. The Morgan fingerprint density at radius 1 is 1.37 bits per heavy atom. The molecule has 0 aliphatic heterocycles. The predicted octanol–water partition coefficient (Wildman–Crippen LogP) is 0.890. The fourth-order valence-electron chi connectivity index (χ4n) is 2.48. The molecule has 0 aromatic carbocycles. The van der Waals surface area contributed by atoms with Crippen molar-refractivity contribution in [2.75, 3.05) is 6.54 Å². The van der Waals surface area contributed by atoms with Crippen molar-refractivity contribution >= 4 is 11.9 Å². The first-order valence-electron chi connectivity index (χ1n) is 6.63. The largest absolute Gasteiger partial charge is 0.481 e. The quantitative estimate of drug-likeness (QED) is 0.748. The molecule has 0 radical (unpaired) electrons. The molecule has 1 fully saturated rings. The number of nitrogens with one attached hydrogen (secondary N) is 1. The highest BCUT2D eigenvalue weighted by Gasteiger charge is 2.33. The molecule has 1 aliphatic carbocycles. The van der Waals surface area contributed by atoms with Gasteiger partial charge >= 0.3 is 5.97 Å². The molecule has 19 heavy (non-hydrogen) atoms. The summed E-state index contributed by atoms with van der Waals surface area (Å²) in [7, 11) is 0. The lowest BCUT2D eigenvalue weighted by molar-refractivity contribution is -0.141. The van der Waals surface area contributed by atoms with Gasteiger partial charge in [0.15, 0.2) is 0 Å². The van der Waals surface area contributed by atoms with Crippen molar-refractivity contribution in [3.05, 3.63) is 18.7 Å². The lowest BCUT2D eigenvalue weighted by Gasteiger charge is -2.10. The van der Waals surface area contributed by atoms with Gasteiger partial charge in [0.25, 0.3) is 0 Å². The average Bonchev–Trinajstić information content (AvgIpc) is 3.05. The van der Waals surface area contributed by atoms with E-state index in [0.29, 0.717) is 25.8 Å². The molecule has 1 saturated carbocycles. The number of carbonyl (C=O) groups excluding carboxylic acids is 1. The minimum atomic E-state index is -0.782. The second kappa shape index (κ2) is 6.36. The van der Waals surface area contributed by atoms with Crippen LogP contribution in [0.4, 0.5) is 0 Å². The van der Waals surface area contributed by atoms with Gasteiger partial charge in [-0.25, -0.2) is 4.98 Å². The van der Waals surface area contributed by atoms with Gasteiger partial charge in [0.1, 0.15) is 0 Å². The van der Waals surface area contributed by atoms with E-state index in [-0.39, 0.29) is 17.7 Å². The zero-order valence-corrected chi connectivity index (χ0v) is 10.8. The molecule has 2 N–H and O–H groups in total. The van der Waals surface area contributed by atoms with Gasteiger partial charge in [-0.3, -0.25) is 9.59 Å². The van der Waals surface area contributed by atoms with Crippen molar-refractivity contribution in [3.63, 3.8) is 0 Å². The fraction of sp³-hybridized carbons (Fsp3) is 0.615. The van der Waals surface area contributed by atoms with Crippen molar-refractivity contribution < 1.29 is 14.7 Å². The normalized spacial score (nSPS) is 22.3. The van der Waals surface area contributed by atoms with E-state index < -0.39 is 5.97 Å². The van der Waals surface area contributed by atoms with Crippen LogP contribution in [0.25, 0.3) is 0 Å². The smallest absolute Gasteiger partial charge is 0.306 e. The van der Waals surface area contributed by atoms with Gasteiger partial charge in [-0.1, -0.05) is 0 Å². The molecular formula is C13H19N3O3. The molecule has 0 bridgehead atoms. The SMILES string of the molecule is O=C(O)[C@H]1CC[C@@H](C(=O)NCCCn2ccnc2)C1. The molecule has 1 aliphatic rings.